The van der Waals surface area contributed by atoms with Crippen LogP contribution >= 0.6 is 15.9 Å². The number of aromatic nitrogens is 3. The van der Waals surface area contributed by atoms with Gasteiger partial charge in [-0.05, 0) is 22.0 Å². The zero-order valence-electron chi connectivity index (χ0n) is 8.98. The smallest absolute Gasteiger partial charge is 0.259 e. The minimum atomic E-state index is -0.162. The van der Waals surface area contributed by atoms with E-state index in [1.54, 1.807) is 19.4 Å². The number of nitrogens with one attached hydrogen (secondary N) is 1. The minimum Gasteiger partial charge on any atom is -0.359 e. The van der Waals surface area contributed by atoms with Crippen LogP contribution in [0.25, 0.3) is 11.5 Å². The van der Waals surface area contributed by atoms with Crippen LogP contribution in [0.2, 0.25) is 0 Å². The fourth-order valence-corrected chi connectivity index (χ4v) is 1.57. The molecule has 17 heavy (non-hydrogen) atoms. The molecule has 0 aromatic carbocycles. The highest BCUT2D eigenvalue weighted by Crippen LogP contribution is 2.19. The number of pyridine rings is 1. The molecule has 0 aliphatic carbocycles. The third kappa shape index (κ3) is 2.88. The molecular formula is C10H9BrN4O2. The summed E-state index contributed by atoms with van der Waals surface area (Å²) in [6.07, 6.45) is 3.37. The fraction of sp³-hybridized carbons (Fsp3) is 0.200. The van der Waals surface area contributed by atoms with Crippen molar-refractivity contribution >= 4 is 21.8 Å². The minimum absolute atomic E-state index is 0.0986. The van der Waals surface area contributed by atoms with Crippen molar-refractivity contribution < 1.29 is 9.32 Å². The maximum absolute atomic E-state index is 11.1. The second-order valence-electron chi connectivity index (χ2n) is 3.26. The Morgan fingerprint density at radius 2 is 2.35 bits per heavy atom. The quantitative estimate of drug-likeness (QED) is 0.920. The molecule has 6 nitrogen and oxygen atoms in total. The van der Waals surface area contributed by atoms with E-state index in [-0.39, 0.29) is 12.3 Å². The number of likely N-dealkylation sites (N-methyl/N-ethyl adjacent to an activating group) is 1. The molecule has 0 bridgehead atoms. The Bertz CT molecular complexity index is 541. The molecule has 0 unspecified atom stereocenters. The molecule has 2 aromatic rings. The van der Waals surface area contributed by atoms with Crippen LogP contribution < -0.4 is 5.32 Å². The van der Waals surface area contributed by atoms with Crippen molar-refractivity contribution in [3.05, 3.63) is 28.8 Å². The van der Waals surface area contributed by atoms with Crippen LogP contribution in [0.5, 0.6) is 0 Å². The Kier molecular flexibility index (Phi) is 3.48. The first-order chi connectivity index (χ1) is 8.19. The van der Waals surface area contributed by atoms with Crippen LogP contribution in [0, 0.1) is 0 Å². The van der Waals surface area contributed by atoms with Gasteiger partial charge in [0.25, 0.3) is 5.89 Å². The first-order valence-electron chi connectivity index (χ1n) is 4.83. The van der Waals surface area contributed by atoms with E-state index in [4.69, 9.17) is 4.52 Å². The van der Waals surface area contributed by atoms with Crippen molar-refractivity contribution in [2.24, 2.45) is 0 Å². The number of rotatable bonds is 3. The summed E-state index contributed by atoms with van der Waals surface area (Å²) in [5.74, 6) is 0.529. The summed E-state index contributed by atoms with van der Waals surface area (Å²) in [5, 5.41) is 6.21. The first-order valence-corrected chi connectivity index (χ1v) is 5.62. The highest BCUT2D eigenvalue weighted by molar-refractivity contribution is 9.10. The van der Waals surface area contributed by atoms with Gasteiger partial charge in [0.15, 0.2) is 5.82 Å². The Labute approximate surface area is 106 Å². The zero-order valence-corrected chi connectivity index (χ0v) is 10.6. The number of carbonyl (C=O) groups excluding carboxylic acids is 1. The molecule has 0 saturated heterocycles. The lowest BCUT2D eigenvalue weighted by Crippen LogP contribution is -2.20. The van der Waals surface area contributed by atoms with Crippen LogP contribution in [0.1, 0.15) is 5.82 Å². The number of carbonyl (C=O) groups is 1. The third-order valence-corrected chi connectivity index (χ3v) is 2.45. The van der Waals surface area contributed by atoms with Gasteiger partial charge in [0.05, 0.1) is 12.0 Å². The van der Waals surface area contributed by atoms with Gasteiger partial charge >= 0.3 is 0 Å². The molecule has 0 fully saturated rings. The van der Waals surface area contributed by atoms with Crippen molar-refractivity contribution in [3.63, 3.8) is 0 Å². The van der Waals surface area contributed by atoms with Crippen LogP contribution in [0.4, 0.5) is 0 Å². The Balaban J connectivity index is 2.21. The van der Waals surface area contributed by atoms with Gasteiger partial charge in [0.2, 0.25) is 5.91 Å². The molecule has 0 saturated carbocycles. The number of nitrogens with zero attached hydrogens (tertiary/aromatic N) is 3. The SMILES string of the molecule is CNC(=O)Cc1noc(-c2cncc(Br)c2)n1. The second kappa shape index (κ2) is 5.05. The van der Waals surface area contributed by atoms with Crippen LogP contribution in [-0.2, 0) is 11.2 Å². The molecule has 2 heterocycles. The maximum Gasteiger partial charge on any atom is 0.259 e. The van der Waals surface area contributed by atoms with E-state index >= 15 is 0 Å². The summed E-state index contributed by atoms with van der Waals surface area (Å²) in [7, 11) is 1.56. The average Bonchev–Trinajstić information content (AvgIpc) is 2.77. The normalized spacial score (nSPS) is 10.2. The highest BCUT2D eigenvalue weighted by atomic mass is 79.9. The van der Waals surface area contributed by atoms with Gasteiger partial charge in [-0.2, -0.15) is 4.98 Å². The molecule has 2 aromatic heterocycles. The molecule has 0 aliphatic heterocycles. The fourth-order valence-electron chi connectivity index (χ4n) is 1.20. The van der Waals surface area contributed by atoms with E-state index in [1.165, 1.54) is 0 Å². The van der Waals surface area contributed by atoms with Crippen molar-refractivity contribution in [2.75, 3.05) is 7.05 Å². The summed E-state index contributed by atoms with van der Waals surface area (Å²) in [6.45, 7) is 0. The summed E-state index contributed by atoms with van der Waals surface area (Å²) in [6, 6.07) is 1.81. The van der Waals surface area contributed by atoms with Crippen molar-refractivity contribution in [1.82, 2.24) is 20.4 Å². The molecular weight excluding hydrogens is 288 g/mol. The maximum atomic E-state index is 11.1. The molecule has 0 spiro atoms. The molecule has 88 valence electrons. The molecule has 0 aliphatic rings. The molecule has 0 radical (unpaired) electrons. The lowest BCUT2D eigenvalue weighted by Gasteiger charge is -1.93. The average molecular weight is 297 g/mol. The van der Waals surface area contributed by atoms with E-state index in [1.807, 2.05) is 6.07 Å². The van der Waals surface area contributed by atoms with Crippen molar-refractivity contribution in [3.8, 4) is 11.5 Å². The van der Waals surface area contributed by atoms with E-state index < -0.39 is 0 Å². The second-order valence-corrected chi connectivity index (χ2v) is 4.17. The summed E-state index contributed by atoms with van der Waals surface area (Å²) < 4.78 is 5.87. The number of hydrogen-bond donors (Lipinski definition) is 1. The van der Waals surface area contributed by atoms with Gasteiger partial charge in [-0.1, -0.05) is 5.16 Å². The van der Waals surface area contributed by atoms with Gasteiger partial charge in [-0.3, -0.25) is 9.78 Å². The van der Waals surface area contributed by atoms with Crippen molar-refractivity contribution in [2.45, 2.75) is 6.42 Å². The molecule has 2 rings (SSSR count). The van der Waals surface area contributed by atoms with Gasteiger partial charge in [-0.15, -0.1) is 0 Å². The van der Waals surface area contributed by atoms with Crippen LogP contribution in [-0.4, -0.2) is 28.1 Å². The number of amides is 1. The Morgan fingerprint density at radius 3 is 3.06 bits per heavy atom. The van der Waals surface area contributed by atoms with Gasteiger partial charge < -0.3 is 9.84 Å². The molecule has 7 heteroatoms. The zero-order chi connectivity index (χ0) is 12.3. The highest BCUT2D eigenvalue weighted by Gasteiger charge is 2.11. The molecule has 1 amide bonds. The summed E-state index contributed by atoms with van der Waals surface area (Å²) in [5.41, 5.74) is 0.704. The van der Waals surface area contributed by atoms with E-state index in [0.29, 0.717) is 17.3 Å². The standard InChI is InChI=1S/C10H9BrN4O2/c1-12-9(16)3-8-14-10(17-15-8)6-2-7(11)5-13-4-6/h2,4-5H,3H2,1H3,(H,12,16). The summed E-state index contributed by atoms with van der Waals surface area (Å²) in [4.78, 5) is 19.2. The molecule has 0 atom stereocenters. The predicted octanol–water partition coefficient (Wildman–Crippen LogP) is 1.18. The summed E-state index contributed by atoms with van der Waals surface area (Å²) >= 11 is 3.30. The Hall–Kier alpha value is -1.76. The van der Waals surface area contributed by atoms with E-state index in [9.17, 15) is 4.79 Å². The number of hydrogen-bond acceptors (Lipinski definition) is 5. The van der Waals surface area contributed by atoms with E-state index in [2.05, 4.69) is 36.4 Å². The van der Waals surface area contributed by atoms with Gasteiger partial charge in [0, 0.05) is 23.9 Å². The number of halogens is 1. The lowest BCUT2D eigenvalue weighted by molar-refractivity contribution is -0.120. The van der Waals surface area contributed by atoms with Gasteiger partial charge in [-0.25, -0.2) is 0 Å². The third-order valence-electron chi connectivity index (χ3n) is 2.02. The first kappa shape index (κ1) is 11.7. The lowest BCUT2D eigenvalue weighted by atomic mass is 10.3. The predicted molar refractivity (Wildman–Crippen MR) is 63.0 cm³/mol. The largest absolute Gasteiger partial charge is 0.359 e. The van der Waals surface area contributed by atoms with Crippen LogP contribution in [0.15, 0.2) is 27.5 Å². The van der Waals surface area contributed by atoms with Crippen molar-refractivity contribution in [1.29, 1.82) is 0 Å². The topological polar surface area (TPSA) is 80.9 Å². The Morgan fingerprint density at radius 1 is 1.53 bits per heavy atom. The monoisotopic (exact) mass is 296 g/mol. The van der Waals surface area contributed by atoms with E-state index in [0.717, 1.165) is 4.47 Å². The molecule has 1 N–H and O–H groups in total. The van der Waals surface area contributed by atoms with Gasteiger partial charge in [0.1, 0.15) is 0 Å². The van der Waals surface area contributed by atoms with Crippen LogP contribution in [0.3, 0.4) is 0 Å².